The Morgan fingerprint density at radius 3 is 2.13 bits per heavy atom. The Kier molecular flexibility index (Phi) is 7.70. The van der Waals surface area contributed by atoms with Crippen molar-refractivity contribution in [2.24, 2.45) is 0 Å². The van der Waals surface area contributed by atoms with Gasteiger partial charge < -0.3 is 25.4 Å². The molecule has 0 radical (unpaired) electrons. The molecular formula is C22H31N3O6. The topological polar surface area (TPSA) is 138 Å². The van der Waals surface area contributed by atoms with Crippen LogP contribution in [0.5, 0.6) is 5.75 Å². The molecule has 2 aliphatic carbocycles. The van der Waals surface area contributed by atoms with Gasteiger partial charge in [0.25, 0.3) is 17.4 Å². The van der Waals surface area contributed by atoms with E-state index in [0.29, 0.717) is 0 Å². The Morgan fingerprint density at radius 1 is 0.935 bits per heavy atom. The highest BCUT2D eigenvalue weighted by atomic mass is 16.4. The Hall–Kier alpha value is -2.84. The van der Waals surface area contributed by atoms with Crippen LogP contribution in [0, 0.1) is 0 Å². The van der Waals surface area contributed by atoms with Gasteiger partial charge in [-0.25, -0.2) is 0 Å². The van der Waals surface area contributed by atoms with Crippen molar-refractivity contribution in [1.82, 2.24) is 15.2 Å². The van der Waals surface area contributed by atoms with Crippen LogP contribution < -0.4 is 16.2 Å². The molecule has 3 rings (SSSR count). The number of aromatic nitrogens is 1. The second-order valence-electron chi connectivity index (χ2n) is 8.51. The maximum Gasteiger partial charge on any atom is 0.322 e. The van der Waals surface area contributed by atoms with Gasteiger partial charge in [-0.3, -0.25) is 19.2 Å². The molecule has 0 aliphatic heterocycles. The van der Waals surface area contributed by atoms with E-state index in [9.17, 15) is 24.3 Å². The molecule has 4 N–H and O–H groups in total. The maximum atomic E-state index is 13.1. The molecular weight excluding hydrogens is 402 g/mol. The number of carbonyl (C=O) groups is 3. The number of hydrogen-bond donors (Lipinski definition) is 4. The first-order valence-electron chi connectivity index (χ1n) is 11.2. The van der Waals surface area contributed by atoms with Gasteiger partial charge in [-0.05, 0) is 25.7 Å². The van der Waals surface area contributed by atoms with E-state index in [4.69, 9.17) is 5.11 Å². The molecule has 0 saturated heterocycles. The van der Waals surface area contributed by atoms with E-state index >= 15 is 0 Å². The minimum Gasteiger partial charge on any atom is -0.506 e. The highest BCUT2D eigenvalue weighted by molar-refractivity contribution is 6.04. The summed E-state index contributed by atoms with van der Waals surface area (Å²) >= 11 is 0. The summed E-state index contributed by atoms with van der Waals surface area (Å²) in [5, 5.41) is 24.6. The fraction of sp³-hybridized carbons (Fsp3) is 0.636. The van der Waals surface area contributed by atoms with Crippen molar-refractivity contribution in [2.45, 2.75) is 82.7 Å². The van der Waals surface area contributed by atoms with E-state index in [2.05, 4.69) is 10.6 Å². The number of aromatic hydroxyl groups is 1. The third-order valence-corrected chi connectivity index (χ3v) is 6.24. The fourth-order valence-electron chi connectivity index (χ4n) is 4.56. The second kappa shape index (κ2) is 10.5. The molecule has 2 fully saturated rings. The van der Waals surface area contributed by atoms with Crippen LogP contribution in [-0.4, -0.2) is 45.2 Å². The third kappa shape index (κ3) is 5.65. The molecule has 2 aliphatic rings. The van der Waals surface area contributed by atoms with E-state index < -0.39 is 41.2 Å². The summed E-state index contributed by atoms with van der Waals surface area (Å²) in [4.78, 5) is 49.5. The van der Waals surface area contributed by atoms with Crippen molar-refractivity contribution in [2.75, 3.05) is 6.54 Å². The van der Waals surface area contributed by atoms with E-state index in [0.717, 1.165) is 70.6 Å². The molecule has 9 nitrogen and oxygen atoms in total. The summed E-state index contributed by atoms with van der Waals surface area (Å²) in [6, 6.07) is -0.189. The van der Waals surface area contributed by atoms with Crippen LogP contribution in [0.4, 0.5) is 0 Å². The number of carboxylic acids is 1. The molecule has 9 heteroatoms. The number of nitrogens with zero attached hydrogens (tertiary/aromatic N) is 1. The average molecular weight is 434 g/mol. The van der Waals surface area contributed by atoms with Crippen molar-refractivity contribution < 1.29 is 24.6 Å². The predicted molar refractivity (Wildman–Crippen MR) is 113 cm³/mol. The molecule has 0 unspecified atom stereocenters. The Morgan fingerprint density at radius 2 is 1.52 bits per heavy atom. The van der Waals surface area contributed by atoms with Gasteiger partial charge in [-0.15, -0.1) is 0 Å². The second-order valence-corrected chi connectivity index (χ2v) is 8.51. The van der Waals surface area contributed by atoms with Crippen LogP contribution in [0.2, 0.25) is 0 Å². The zero-order chi connectivity index (χ0) is 22.4. The van der Waals surface area contributed by atoms with Crippen LogP contribution >= 0.6 is 0 Å². The number of hydrogen-bond acceptors (Lipinski definition) is 5. The molecule has 1 aromatic heterocycles. The highest BCUT2D eigenvalue weighted by Gasteiger charge is 2.29. The SMILES string of the molecule is O=C(O)CNC(=O)c1c(O)c(C(=O)NC2CCCCC2)cn(C2CCCCCC2)c1=O. The van der Waals surface area contributed by atoms with E-state index in [1.54, 1.807) is 0 Å². The van der Waals surface area contributed by atoms with E-state index in [1.807, 2.05) is 0 Å². The maximum absolute atomic E-state index is 13.1. The standard InChI is InChI=1S/C22H31N3O6/c26-17(27)12-23-21(30)18-19(28)16(20(29)24-14-8-4-3-5-9-14)13-25(22(18)31)15-10-6-1-2-7-11-15/h13-15,28H,1-12H2,(H,23,30)(H,24,29)(H,26,27). The van der Waals surface area contributed by atoms with Crippen molar-refractivity contribution >= 4 is 17.8 Å². The smallest absolute Gasteiger partial charge is 0.322 e. The molecule has 31 heavy (non-hydrogen) atoms. The highest BCUT2D eigenvalue weighted by Crippen LogP contribution is 2.29. The number of aliphatic carboxylic acids is 1. The summed E-state index contributed by atoms with van der Waals surface area (Å²) in [7, 11) is 0. The normalized spacial score (nSPS) is 18.2. The first kappa shape index (κ1) is 22.8. The van der Waals surface area contributed by atoms with E-state index in [1.165, 1.54) is 10.8 Å². The minimum atomic E-state index is -1.27. The monoisotopic (exact) mass is 433 g/mol. The van der Waals surface area contributed by atoms with E-state index in [-0.39, 0.29) is 17.6 Å². The van der Waals surface area contributed by atoms with Gasteiger partial charge in [0.2, 0.25) is 0 Å². The summed E-state index contributed by atoms with van der Waals surface area (Å²) in [5.74, 6) is -3.51. The van der Waals surface area contributed by atoms with Crippen molar-refractivity contribution in [1.29, 1.82) is 0 Å². The molecule has 0 aromatic carbocycles. The molecule has 1 heterocycles. The summed E-state index contributed by atoms with van der Waals surface area (Å²) < 4.78 is 1.39. The molecule has 2 saturated carbocycles. The third-order valence-electron chi connectivity index (χ3n) is 6.24. The van der Waals surface area contributed by atoms with Crippen LogP contribution in [0.1, 0.15) is 97.4 Å². The lowest BCUT2D eigenvalue weighted by Crippen LogP contribution is -2.40. The van der Waals surface area contributed by atoms with Gasteiger partial charge in [-0.2, -0.15) is 0 Å². The number of amides is 2. The van der Waals surface area contributed by atoms with Gasteiger partial charge >= 0.3 is 5.97 Å². The molecule has 2 amide bonds. The number of carboxylic acid groups (broad SMARTS) is 1. The summed E-state index contributed by atoms with van der Waals surface area (Å²) in [6.45, 7) is -0.695. The molecule has 170 valence electrons. The number of pyridine rings is 1. The lowest BCUT2D eigenvalue weighted by molar-refractivity contribution is -0.135. The summed E-state index contributed by atoms with van der Waals surface area (Å²) in [6.07, 6.45) is 11.7. The molecule has 0 spiro atoms. The largest absolute Gasteiger partial charge is 0.506 e. The van der Waals surface area contributed by atoms with Gasteiger partial charge in [0, 0.05) is 18.3 Å². The van der Waals surface area contributed by atoms with Gasteiger partial charge in [-0.1, -0.05) is 44.9 Å². The van der Waals surface area contributed by atoms with Crippen molar-refractivity contribution in [3.8, 4) is 5.75 Å². The quantitative estimate of drug-likeness (QED) is 0.508. The Labute approximate surface area is 180 Å². The lowest BCUT2D eigenvalue weighted by Gasteiger charge is -2.24. The van der Waals surface area contributed by atoms with Crippen LogP contribution in [-0.2, 0) is 4.79 Å². The summed E-state index contributed by atoms with van der Waals surface area (Å²) in [5.41, 5.74) is -1.42. The van der Waals surface area contributed by atoms with Crippen molar-refractivity contribution in [3.63, 3.8) is 0 Å². The number of nitrogens with one attached hydrogen (secondary N) is 2. The molecule has 0 bridgehead atoms. The number of carbonyl (C=O) groups excluding carboxylic acids is 2. The Balaban J connectivity index is 1.99. The van der Waals surface area contributed by atoms with Crippen LogP contribution in [0.25, 0.3) is 0 Å². The number of rotatable bonds is 6. The zero-order valence-electron chi connectivity index (χ0n) is 17.7. The van der Waals surface area contributed by atoms with Gasteiger partial charge in [0.1, 0.15) is 17.9 Å². The predicted octanol–water partition coefficient (Wildman–Crippen LogP) is 2.33. The van der Waals surface area contributed by atoms with Crippen molar-refractivity contribution in [3.05, 3.63) is 27.7 Å². The van der Waals surface area contributed by atoms with Gasteiger partial charge in [0.15, 0.2) is 0 Å². The fourth-order valence-corrected chi connectivity index (χ4v) is 4.56. The first-order chi connectivity index (χ1) is 14.9. The van der Waals surface area contributed by atoms with Gasteiger partial charge in [0.05, 0.1) is 5.56 Å². The Bertz CT molecular complexity index is 880. The minimum absolute atomic E-state index is 0.0109. The molecule has 1 aromatic rings. The van der Waals surface area contributed by atoms with Crippen LogP contribution in [0.15, 0.2) is 11.0 Å². The zero-order valence-corrected chi connectivity index (χ0v) is 17.7. The lowest BCUT2D eigenvalue weighted by atomic mass is 9.95. The molecule has 0 atom stereocenters. The first-order valence-corrected chi connectivity index (χ1v) is 11.2. The average Bonchev–Trinajstić information content (AvgIpc) is 3.02. The van der Waals surface area contributed by atoms with Crippen LogP contribution in [0.3, 0.4) is 0 Å².